The van der Waals surface area contributed by atoms with Gasteiger partial charge in [-0.2, -0.15) is 0 Å². The van der Waals surface area contributed by atoms with Crippen LogP contribution in [0.15, 0.2) is 42.5 Å². The van der Waals surface area contributed by atoms with Gasteiger partial charge in [-0.3, -0.25) is 4.79 Å². The number of ether oxygens (including phenoxy) is 1. The van der Waals surface area contributed by atoms with Gasteiger partial charge in [0, 0.05) is 37.1 Å². The lowest BCUT2D eigenvalue weighted by molar-refractivity contribution is -0.128. The first-order valence-corrected chi connectivity index (χ1v) is 8.51. The summed E-state index contributed by atoms with van der Waals surface area (Å²) in [5, 5.41) is 4.03. The van der Waals surface area contributed by atoms with Crippen LogP contribution >= 0.6 is 11.6 Å². The normalized spacial score (nSPS) is 17.2. The first-order chi connectivity index (χ1) is 12.1. The molecule has 25 heavy (non-hydrogen) atoms. The molecule has 0 unspecified atom stereocenters. The predicted molar refractivity (Wildman–Crippen MR) is 95.1 cm³/mol. The molecule has 1 atom stereocenters. The van der Waals surface area contributed by atoms with Crippen molar-refractivity contribution < 1.29 is 13.9 Å². The van der Waals surface area contributed by atoms with Crippen LogP contribution in [0.25, 0.3) is 0 Å². The van der Waals surface area contributed by atoms with Crippen molar-refractivity contribution in [3.63, 3.8) is 0 Å². The largest absolute Gasteiger partial charge is 0.494 e. The van der Waals surface area contributed by atoms with Gasteiger partial charge in [0.1, 0.15) is 0 Å². The second-order valence-electron chi connectivity index (χ2n) is 6.12. The molecule has 1 aliphatic heterocycles. The quantitative estimate of drug-likeness (QED) is 0.856. The zero-order valence-electron chi connectivity index (χ0n) is 14.0. The molecule has 1 amide bonds. The van der Waals surface area contributed by atoms with Crippen molar-refractivity contribution in [3.05, 3.63) is 64.4 Å². The van der Waals surface area contributed by atoms with Crippen molar-refractivity contribution in [1.29, 1.82) is 0 Å². The van der Waals surface area contributed by atoms with E-state index in [0.29, 0.717) is 31.1 Å². The highest BCUT2D eigenvalue weighted by Crippen LogP contribution is 2.22. The summed E-state index contributed by atoms with van der Waals surface area (Å²) in [6, 6.07) is 12.4. The number of carbonyl (C=O) groups is 1. The first-order valence-electron chi connectivity index (χ1n) is 8.14. The standard InChI is InChI=1S/C19H20ClFN2O2/c1-25-18-8-13(6-7-17(18)21)10-22-15-9-19(24)23(12-15)11-14-4-2-3-5-16(14)20/h2-8,15,22H,9-12H2,1H3/t15-/m0/s1. The fourth-order valence-electron chi connectivity index (χ4n) is 2.97. The lowest BCUT2D eigenvalue weighted by Crippen LogP contribution is -2.32. The summed E-state index contributed by atoms with van der Waals surface area (Å²) in [6.07, 6.45) is 0.447. The average molecular weight is 363 g/mol. The number of amides is 1. The minimum Gasteiger partial charge on any atom is -0.494 e. The summed E-state index contributed by atoms with van der Waals surface area (Å²) in [5.41, 5.74) is 1.86. The molecule has 132 valence electrons. The summed E-state index contributed by atoms with van der Waals surface area (Å²) < 4.78 is 18.4. The topological polar surface area (TPSA) is 41.6 Å². The molecule has 1 heterocycles. The summed E-state index contributed by atoms with van der Waals surface area (Å²) in [4.78, 5) is 14.0. The summed E-state index contributed by atoms with van der Waals surface area (Å²) in [6.45, 7) is 1.69. The zero-order chi connectivity index (χ0) is 17.8. The molecular formula is C19H20ClFN2O2. The molecular weight excluding hydrogens is 343 g/mol. The van der Waals surface area contributed by atoms with Gasteiger partial charge in [0.25, 0.3) is 0 Å². The number of nitrogens with one attached hydrogen (secondary N) is 1. The number of hydrogen-bond acceptors (Lipinski definition) is 3. The Morgan fingerprint density at radius 1 is 1.32 bits per heavy atom. The number of benzene rings is 2. The molecule has 1 saturated heterocycles. The van der Waals surface area contributed by atoms with Crippen molar-refractivity contribution in [2.45, 2.75) is 25.6 Å². The lowest BCUT2D eigenvalue weighted by atomic mass is 10.2. The third kappa shape index (κ3) is 4.30. The van der Waals surface area contributed by atoms with E-state index in [2.05, 4.69) is 5.32 Å². The lowest BCUT2D eigenvalue weighted by Gasteiger charge is -2.18. The van der Waals surface area contributed by atoms with Crippen molar-refractivity contribution in [1.82, 2.24) is 10.2 Å². The number of carbonyl (C=O) groups excluding carboxylic acids is 1. The second-order valence-corrected chi connectivity index (χ2v) is 6.52. The minimum atomic E-state index is -0.381. The van der Waals surface area contributed by atoms with Gasteiger partial charge in [0.15, 0.2) is 11.6 Å². The maximum Gasteiger partial charge on any atom is 0.224 e. The van der Waals surface area contributed by atoms with Crippen LogP contribution in [0, 0.1) is 5.82 Å². The Bertz CT molecular complexity index is 769. The van der Waals surface area contributed by atoms with Crippen molar-refractivity contribution in [2.75, 3.05) is 13.7 Å². The molecule has 0 saturated carbocycles. The maximum atomic E-state index is 13.4. The molecule has 6 heteroatoms. The molecule has 0 aromatic heterocycles. The number of likely N-dealkylation sites (tertiary alicyclic amines) is 1. The van der Waals surface area contributed by atoms with E-state index in [1.54, 1.807) is 12.1 Å². The molecule has 0 aliphatic carbocycles. The summed E-state index contributed by atoms with van der Waals surface area (Å²) >= 11 is 6.17. The van der Waals surface area contributed by atoms with Crippen LogP contribution < -0.4 is 10.1 Å². The van der Waals surface area contributed by atoms with E-state index in [4.69, 9.17) is 16.3 Å². The summed E-state index contributed by atoms with van der Waals surface area (Å²) in [5.74, 6) is -0.0514. The molecule has 2 aromatic rings. The fraction of sp³-hybridized carbons (Fsp3) is 0.316. The van der Waals surface area contributed by atoms with Gasteiger partial charge >= 0.3 is 0 Å². The Labute approximate surface area is 151 Å². The number of methoxy groups -OCH3 is 1. The van der Waals surface area contributed by atoms with Gasteiger partial charge in [-0.15, -0.1) is 0 Å². The fourth-order valence-corrected chi connectivity index (χ4v) is 3.17. The molecule has 0 spiro atoms. The highest BCUT2D eigenvalue weighted by Gasteiger charge is 2.29. The van der Waals surface area contributed by atoms with Crippen LogP contribution in [-0.4, -0.2) is 30.5 Å². The number of halogens is 2. The number of hydrogen-bond donors (Lipinski definition) is 1. The average Bonchev–Trinajstić information content (AvgIpc) is 2.96. The highest BCUT2D eigenvalue weighted by molar-refractivity contribution is 6.31. The van der Waals surface area contributed by atoms with Gasteiger partial charge in [-0.05, 0) is 29.3 Å². The highest BCUT2D eigenvalue weighted by atomic mass is 35.5. The van der Waals surface area contributed by atoms with E-state index in [9.17, 15) is 9.18 Å². The Morgan fingerprint density at radius 3 is 2.88 bits per heavy atom. The monoisotopic (exact) mass is 362 g/mol. The van der Waals surface area contributed by atoms with Crippen LogP contribution in [0.1, 0.15) is 17.5 Å². The molecule has 0 bridgehead atoms. The van der Waals surface area contributed by atoms with E-state index in [-0.39, 0.29) is 23.5 Å². The second kappa shape index (κ2) is 7.85. The van der Waals surface area contributed by atoms with Gasteiger partial charge < -0.3 is 15.0 Å². The van der Waals surface area contributed by atoms with Gasteiger partial charge in [-0.1, -0.05) is 35.9 Å². The van der Waals surface area contributed by atoms with E-state index in [1.807, 2.05) is 29.2 Å². The van der Waals surface area contributed by atoms with Crippen LogP contribution in [0.3, 0.4) is 0 Å². The Hall–Kier alpha value is -2.11. The van der Waals surface area contributed by atoms with E-state index in [1.165, 1.54) is 13.2 Å². The first kappa shape index (κ1) is 17.7. The molecule has 3 rings (SSSR count). The van der Waals surface area contributed by atoms with Crippen LogP contribution in [0.4, 0.5) is 4.39 Å². The predicted octanol–water partition coefficient (Wildman–Crippen LogP) is 3.38. The van der Waals surface area contributed by atoms with Gasteiger partial charge in [0.05, 0.1) is 7.11 Å². The zero-order valence-corrected chi connectivity index (χ0v) is 14.7. The molecule has 0 radical (unpaired) electrons. The SMILES string of the molecule is COc1cc(CN[C@H]2CC(=O)N(Cc3ccccc3Cl)C2)ccc1F. The van der Waals surface area contributed by atoms with Gasteiger partial charge in [-0.25, -0.2) is 4.39 Å². The van der Waals surface area contributed by atoms with Crippen molar-refractivity contribution in [2.24, 2.45) is 0 Å². The van der Waals surface area contributed by atoms with Crippen LogP contribution in [0.5, 0.6) is 5.75 Å². The summed E-state index contributed by atoms with van der Waals surface area (Å²) in [7, 11) is 1.44. The van der Waals surface area contributed by atoms with Gasteiger partial charge in [0.2, 0.25) is 5.91 Å². The van der Waals surface area contributed by atoms with Crippen LogP contribution in [-0.2, 0) is 17.9 Å². The van der Waals surface area contributed by atoms with E-state index >= 15 is 0 Å². The Balaban J connectivity index is 1.57. The molecule has 4 nitrogen and oxygen atoms in total. The van der Waals surface area contributed by atoms with Crippen LogP contribution in [0.2, 0.25) is 5.02 Å². The maximum absolute atomic E-state index is 13.4. The Morgan fingerprint density at radius 2 is 2.12 bits per heavy atom. The van der Waals surface area contributed by atoms with Crippen molar-refractivity contribution >= 4 is 17.5 Å². The number of rotatable bonds is 6. The van der Waals surface area contributed by atoms with E-state index in [0.717, 1.165) is 11.1 Å². The number of nitrogens with zero attached hydrogens (tertiary/aromatic N) is 1. The smallest absolute Gasteiger partial charge is 0.224 e. The third-order valence-electron chi connectivity index (χ3n) is 4.34. The molecule has 2 aromatic carbocycles. The third-order valence-corrected chi connectivity index (χ3v) is 4.71. The molecule has 1 aliphatic rings. The van der Waals surface area contributed by atoms with E-state index < -0.39 is 0 Å². The molecule has 1 fully saturated rings. The molecule has 1 N–H and O–H groups in total. The van der Waals surface area contributed by atoms with Crippen molar-refractivity contribution in [3.8, 4) is 5.75 Å². The Kier molecular flexibility index (Phi) is 5.56. The minimum absolute atomic E-state index is 0.0611.